The highest BCUT2D eigenvalue weighted by Gasteiger charge is 2.14. The topological polar surface area (TPSA) is 159 Å². The molecule has 0 aromatic carbocycles. The number of hydrogen-bond donors (Lipinski definition) is 5. The second kappa shape index (κ2) is 16.0. The Kier molecular flexibility index (Phi) is 14.7. The third-order valence-electron chi connectivity index (χ3n) is 3.63. The Bertz CT molecular complexity index is 510. The van der Waals surface area contributed by atoms with Crippen molar-refractivity contribution in [3.63, 3.8) is 0 Å². The Morgan fingerprint density at radius 1 is 0.741 bits per heavy atom. The number of nitrogens with two attached hydrogens (primary N) is 1. The van der Waals surface area contributed by atoms with Gasteiger partial charge in [-0.2, -0.15) is 0 Å². The van der Waals surface area contributed by atoms with E-state index in [9.17, 15) is 24.0 Å². The maximum absolute atomic E-state index is 11.7. The average Bonchev–Trinajstić information content (AvgIpc) is 2.61. The van der Waals surface area contributed by atoms with Crippen LogP contribution in [0.15, 0.2) is 0 Å². The van der Waals surface area contributed by atoms with Gasteiger partial charge in [-0.15, -0.1) is 0 Å². The second-order valence-corrected chi connectivity index (χ2v) is 6.15. The smallest absolute Gasteiger partial charge is 0.235 e. The van der Waals surface area contributed by atoms with Crippen LogP contribution in [0.3, 0.4) is 0 Å². The fourth-order valence-corrected chi connectivity index (χ4v) is 2.18. The first-order valence-electron chi connectivity index (χ1n) is 9.09. The van der Waals surface area contributed by atoms with Gasteiger partial charge in [0.1, 0.15) is 5.78 Å². The van der Waals surface area contributed by atoms with Crippen LogP contribution in [-0.2, 0) is 24.0 Å². The van der Waals surface area contributed by atoms with Gasteiger partial charge >= 0.3 is 0 Å². The summed E-state index contributed by atoms with van der Waals surface area (Å²) in [4.78, 5) is 56.6. The first kappa shape index (κ1) is 24.8. The van der Waals surface area contributed by atoms with Gasteiger partial charge in [-0.25, -0.2) is 0 Å². The van der Waals surface area contributed by atoms with E-state index in [2.05, 4.69) is 21.4 Å². The molecule has 0 fully saturated rings. The molecule has 0 heterocycles. The van der Waals surface area contributed by atoms with Gasteiger partial charge in [0.25, 0.3) is 0 Å². The molecule has 0 rings (SSSR count). The summed E-state index contributed by atoms with van der Waals surface area (Å²) in [7, 11) is 0. The summed E-state index contributed by atoms with van der Waals surface area (Å²) in [5, 5.41) is 7.64. The van der Waals surface area contributed by atoms with Crippen molar-refractivity contribution in [2.75, 3.05) is 32.7 Å². The highest BCUT2D eigenvalue weighted by atomic mass is 16.2. The quantitative estimate of drug-likeness (QED) is 0.0861. The highest BCUT2D eigenvalue weighted by molar-refractivity contribution is 6.39. The molecule has 0 aromatic heterocycles. The van der Waals surface area contributed by atoms with Gasteiger partial charge in [0.05, 0.1) is 26.2 Å². The summed E-state index contributed by atoms with van der Waals surface area (Å²) < 4.78 is 0. The van der Waals surface area contributed by atoms with E-state index >= 15 is 0 Å². The van der Waals surface area contributed by atoms with E-state index in [-0.39, 0.29) is 31.3 Å². The zero-order chi connectivity index (χ0) is 20.5. The number of amides is 2. The van der Waals surface area contributed by atoms with Crippen molar-refractivity contribution in [1.29, 1.82) is 0 Å². The molecule has 0 aliphatic rings. The first-order chi connectivity index (χ1) is 12.9. The van der Waals surface area contributed by atoms with Crippen LogP contribution in [0, 0.1) is 0 Å². The summed E-state index contributed by atoms with van der Waals surface area (Å²) in [6, 6.07) is 0. The summed E-state index contributed by atoms with van der Waals surface area (Å²) in [6.07, 6.45) is 5.05. The number of unbranched alkanes of at least 4 members (excludes halogenated alkanes) is 4. The molecular weight excluding hydrogens is 354 g/mol. The van der Waals surface area contributed by atoms with Gasteiger partial charge in [-0.1, -0.05) is 19.3 Å². The molecule has 0 saturated heterocycles. The van der Waals surface area contributed by atoms with Crippen molar-refractivity contribution in [2.24, 2.45) is 5.84 Å². The van der Waals surface area contributed by atoms with E-state index in [1.807, 2.05) is 0 Å². The van der Waals surface area contributed by atoms with Crippen molar-refractivity contribution in [3.05, 3.63) is 0 Å². The van der Waals surface area contributed by atoms with Crippen LogP contribution in [0.25, 0.3) is 0 Å². The van der Waals surface area contributed by atoms with Crippen molar-refractivity contribution in [3.8, 4) is 0 Å². The average molecular weight is 385 g/mol. The lowest BCUT2D eigenvalue weighted by atomic mass is 10.1. The van der Waals surface area contributed by atoms with Crippen molar-refractivity contribution < 1.29 is 24.0 Å². The SMILES string of the molecule is CC(=O)NCCCCCCCC(=O)CNCC(=O)C(=O)CNC(=O)CNN. The second-order valence-electron chi connectivity index (χ2n) is 6.15. The fraction of sp³-hybridized carbons (Fsp3) is 0.706. The summed E-state index contributed by atoms with van der Waals surface area (Å²) in [6.45, 7) is 1.42. The van der Waals surface area contributed by atoms with Gasteiger partial charge in [0.15, 0.2) is 0 Å². The van der Waals surface area contributed by atoms with Gasteiger partial charge < -0.3 is 16.0 Å². The Morgan fingerprint density at radius 2 is 1.37 bits per heavy atom. The molecule has 0 spiro atoms. The molecule has 0 aliphatic carbocycles. The standard InChI is InChI=1S/C17H31N5O5/c1-13(23)20-8-6-4-2-3-5-7-14(24)9-19-10-15(25)16(26)11-21-17(27)12-22-18/h19,22H,2-12,18H2,1H3,(H,20,23)(H,21,27). The van der Waals surface area contributed by atoms with Crippen LogP contribution in [0.2, 0.25) is 0 Å². The van der Waals surface area contributed by atoms with Crippen LogP contribution in [0.4, 0.5) is 0 Å². The maximum atomic E-state index is 11.7. The predicted molar refractivity (Wildman–Crippen MR) is 99.5 cm³/mol. The lowest BCUT2D eigenvalue weighted by molar-refractivity contribution is -0.136. The lowest BCUT2D eigenvalue weighted by Gasteiger charge is -2.05. The van der Waals surface area contributed by atoms with E-state index in [4.69, 9.17) is 5.84 Å². The molecule has 0 unspecified atom stereocenters. The molecule has 2 amide bonds. The predicted octanol–water partition coefficient (Wildman–Crippen LogP) is -1.66. The summed E-state index contributed by atoms with van der Waals surface area (Å²) in [5.74, 6) is 2.99. The number of Topliss-reactive ketones (excluding diaryl/α,β-unsaturated/α-hetero) is 3. The number of carbonyl (C=O) groups is 5. The maximum Gasteiger partial charge on any atom is 0.235 e. The van der Waals surface area contributed by atoms with Crippen LogP contribution >= 0.6 is 0 Å². The van der Waals surface area contributed by atoms with Crippen LogP contribution < -0.4 is 27.2 Å². The number of nitrogens with one attached hydrogen (secondary N) is 4. The van der Waals surface area contributed by atoms with E-state index in [1.165, 1.54) is 6.92 Å². The Balaban J connectivity index is 3.61. The minimum atomic E-state index is -0.736. The highest BCUT2D eigenvalue weighted by Crippen LogP contribution is 2.05. The summed E-state index contributed by atoms with van der Waals surface area (Å²) >= 11 is 0. The molecule has 0 aromatic rings. The minimum absolute atomic E-state index is 0.0178. The zero-order valence-electron chi connectivity index (χ0n) is 15.9. The molecule has 0 aliphatic heterocycles. The van der Waals surface area contributed by atoms with Crippen molar-refractivity contribution >= 4 is 29.2 Å². The number of hydrogen-bond acceptors (Lipinski definition) is 8. The van der Waals surface area contributed by atoms with Crippen LogP contribution in [0.1, 0.15) is 45.4 Å². The molecule has 154 valence electrons. The zero-order valence-corrected chi connectivity index (χ0v) is 15.9. The van der Waals surface area contributed by atoms with Crippen molar-refractivity contribution in [2.45, 2.75) is 45.4 Å². The Labute approximate surface area is 159 Å². The van der Waals surface area contributed by atoms with Gasteiger partial charge in [-0.05, 0) is 12.8 Å². The number of rotatable bonds is 17. The Morgan fingerprint density at radius 3 is 2.04 bits per heavy atom. The molecule has 0 saturated carbocycles. The molecule has 10 nitrogen and oxygen atoms in total. The van der Waals surface area contributed by atoms with E-state index in [0.717, 1.165) is 32.1 Å². The van der Waals surface area contributed by atoms with Gasteiger partial charge in [0, 0.05) is 19.9 Å². The van der Waals surface area contributed by atoms with E-state index in [0.29, 0.717) is 13.0 Å². The molecular formula is C17H31N5O5. The lowest BCUT2D eigenvalue weighted by Crippen LogP contribution is -2.42. The monoisotopic (exact) mass is 385 g/mol. The largest absolute Gasteiger partial charge is 0.356 e. The van der Waals surface area contributed by atoms with E-state index < -0.39 is 24.0 Å². The number of ketones is 3. The minimum Gasteiger partial charge on any atom is -0.356 e. The third-order valence-corrected chi connectivity index (χ3v) is 3.63. The molecule has 6 N–H and O–H groups in total. The molecule has 0 bridgehead atoms. The third kappa shape index (κ3) is 15.8. The first-order valence-corrected chi connectivity index (χ1v) is 9.09. The fourth-order valence-electron chi connectivity index (χ4n) is 2.18. The number of carbonyl (C=O) groups excluding carboxylic acids is 5. The molecule has 27 heavy (non-hydrogen) atoms. The van der Waals surface area contributed by atoms with Crippen LogP contribution in [-0.4, -0.2) is 61.9 Å². The number of hydrazine groups is 1. The normalized spacial score (nSPS) is 10.3. The van der Waals surface area contributed by atoms with E-state index in [1.54, 1.807) is 0 Å². The molecule has 0 radical (unpaired) electrons. The van der Waals surface area contributed by atoms with Gasteiger partial charge in [0.2, 0.25) is 23.4 Å². The van der Waals surface area contributed by atoms with Crippen molar-refractivity contribution in [1.82, 2.24) is 21.4 Å². The Hall–Kier alpha value is -2.17. The summed E-state index contributed by atoms with van der Waals surface area (Å²) in [5.41, 5.74) is 2.13. The molecule has 10 heteroatoms. The molecule has 0 atom stereocenters. The van der Waals surface area contributed by atoms with Gasteiger partial charge in [-0.3, -0.25) is 35.2 Å². The van der Waals surface area contributed by atoms with Crippen LogP contribution in [0.5, 0.6) is 0 Å².